The molecule has 116 valence electrons. The maximum atomic E-state index is 12.1. The first kappa shape index (κ1) is 15.8. The minimum Gasteiger partial charge on any atom is -0.497 e. The highest BCUT2D eigenvalue weighted by molar-refractivity contribution is 6.04. The van der Waals surface area contributed by atoms with Crippen molar-refractivity contribution in [3.8, 4) is 5.75 Å². The van der Waals surface area contributed by atoms with Crippen molar-refractivity contribution in [2.24, 2.45) is 0 Å². The molecule has 1 amide bonds. The maximum Gasteiger partial charge on any atom is 0.257 e. The van der Waals surface area contributed by atoms with Crippen molar-refractivity contribution in [3.63, 3.8) is 0 Å². The van der Waals surface area contributed by atoms with Gasteiger partial charge < -0.3 is 20.1 Å². The Kier molecular flexibility index (Phi) is 5.73. The Labute approximate surface area is 129 Å². The molecule has 0 saturated carbocycles. The quantitative estimate of drug-likeness (QED) is 0.768. The second kappa shape index (κ2) is 7.99. The SMILES string of the molecule is COCCNc1ccc(C(=O)Nc2ccc(OC)cc2)cn1. The molecule has 2 rings (SSSR count). The van der Waals surface area contributed by atoms with Crippen LogP contribution in [-0.4, -0.2) is 38.3 Å². The Bertz CT molecular complexity index is 597. The number of amides is 1. The van der Waals surface area contributed by atoms with Crippen molar-refractivity contribution in [2.75, 3.05) is 38.0 Å². The van der Waals surface area contributed by atoms with Crippen LogP contribution in [0.2, 0.25) is 0 Å². The molecule has 2 aromatic rings. The summed E-state index contributed by atoms with van der Waals surface area (Å²) in [5.74, 6) is 1.24. The Morgan fingerprint density at radius 1 is 1.14 bits per heavy atom. The lowest BCUT2D eigenvalue weighted by molar-refractivity contribution is 0.102. The topological polar surface area (TPSA) is 72.5 Å². The molecule has 1 aromatic heterocycles. The van der Waals surface area contributed by atoms with Crippen LogP contribution in [0, 0.1) is 0 Å². The van der Waals surface area contributed by atoms with Crippen molar-refractivity contribution in [3.05, 3.63) is 48.2 Å². The first-order valence-electron chi connectivity index (χ1n) is 6.87. The summed E-state index contributed by atoms with van der Waals surface area (Å²) in [6.45, 7) is 1.27. The van der Waals surface area contributed by atoms with Crippen LogP contribution >= 0.6 is 0 Å². The van der Waals surface area contributed by atoms with Crippen molar-refractivity contribution in [1.82, 2.24) is 4.98 Å². The van der Waals surface area contributed by atoms with E-state index in [9.17, 15) is 4.79 Å². The molecule has 22 heavy (non-hydrogen) atoms. The summed E-state index contributed by atoms with van der Waals surface area (Å²) >= 11 is 0. The Morgan fingerprint density at radius 2 is 1.91 bits per heavy atom. The van der Waals surface area contributed by atoms with Crippen molar-refractivity contribution < 1.29 is 14.3 Å². The van der Waals surface area contributed by atoms with Gasteiger partial charge in [-0.15, -0.1) is 0 Å². The number of hydrogen-bond acceptors (Lipinski definition) is 5. The van der Waals surface area contributed by atoms with Gasteiger partial charge in [0, 0.05) is 25.5 Å². The molecule has 6 nitrogen and oxygen atoms in total. The summed E-state index contributed by atoms with van der Waals surface area (Å²) in [7, 11) is 3.24. The number of carbonyl (C=O) groups excluding carboxylic acids is 1. The Hall–Kier alpha value is -2.60. The van der Waals surface area contributed by atoms with E-state index >= 15 is 0 Å². The van der Waals surface area contributed by atoms with Gasteiger partial charge in [0.15, 0.2) is 0 Å². The zero-order valence-electron chi connectivity index (χ0n) is 12.6. The molecular weight excluding hydrogens is 282 g/mol. The molecule has 1 heterocycles. The van der Waals surface area contributed by atoms with Crippen LogP contribution in [0.25, 0.3) is 0 Å². The molecule has 0 radical (unpaired) electrons. The third-order valence-corrected chi connectivity index (χ3v) is 2.99. The second-order valence-electron chi connectivity index (χ2n) is 4.53. The molecule has 0 aliphatic carbocycles. The molecule has 1 aromatic carbocycles. The van der Waals surface area contributed by atoms with Gasteiger partial charge in [0.1, 0.15) is 11.6 Å². The second-order valence-corrected chi connectivity index (χ2v) is 4.53. The van der Waals surface area contributed by atoms with E-state index in [2.05, 4.69) is 15.6 Å². The van der Waals surface area contributed by atoms with E-state index in [1.807, 2.05) is 0 Å². The van der Waals surface area contributed by atoms with Gasteiger partial charge in [-0.05, 0) is 36.4 Å². The molecule has 2 N–H and O–H groups in total. The number of ether oxygens (including phenoxy) is 2. The molecule has 0 aliphatic rings. The van der Waals surface area contributed by atoms with E-state index in [1.54, 1.807) is 50.6 Å². The number of pyridine rings is 1. The fourth-order valence-electron chi connectivity index (χ4n) is 1.79. The van der Waals surface area contributed by atoms with Gasteiger partial charge in [0.2, 0.25) is 0 Å². The minimum absolute atomic E-state index is 0.207. The standard InChI is InChI=1S/C16H19N3O3/c1-21-10-9-17-15-8-3-12(11-18-15)16(20)19-13-4-6-14(22-2)7-5-13/h3-8,11H,9-10H2,1-2H3,(H,17,18)(H,19,20). The largest absolute Gasteiger partial charge is 0.497 e. The fourth-order valence-corrected chi connectivity index (χ4v) is 1.79. The van der Waals surface area contributed by atoms with Crippen LogP contribution in [0.3, 0.4) is 0 Å². The molecule has 0 bridgehead atoms. The first-order chi connectivity index (χ1) is 10.7. The van der Waals surface area contributed by atoms with Gasteiger partial charge in [-0.3, -0.25) is 4.79 Å². The third kappa shape index (κ3) is 4.46. The van der Waals surface area contributed by atoms with E-state index in [4.69, 9.17) is 9.47 Å². The van der Waals surface area contributed by atoms with E-state index in [1.165, 1.54) is 6.20 Å². The molecular formula is C16H19N3O3. The van der Waals surface area contributed by atoms with Crippen LogP contribution < -0.4 is 15.4 Å². The lowest BCUT2D eigenvalue weighted by Crippen LogP contribution is -2.13. The number of nitrogens with one attached hydrogen (secondary N) is 2. The van der Waals surface area contributed by atoms with Gasteiger partial charge >= 0.3 is 0 Å². The zero-order chi connectivity index (χ0) is 15.8. The number of benzene rings is 1. The fraction of sp³-hybridized carbons (Fsp3) is 0.250. The van der Waals surface area contributed by atoms with Crippen LogP contribution in [0.5, 0.6) is 5.75 Å². The highest BCUT2D eigenvalue weighted by Crippen LogP contribution is 2.16. The number of anilines is 2. The normalized spacial score (nSPS) is 10.1. The summed E-state index contributed by atoms with van der Waals surface area (Å²) in [5.41, 5.74) is 1.20. The maximum absolute atomic E-state index is 12.1. The summed E-state index contributed by atoms with van der Waals surface area (Å²) < 4.78 is 10.0. The van der Waals surface area contributed by atoms with E-state index in [-0.39, 0.29) is 5.91 Å². The third-order valence-electron chi connectivity index (χ3n) is 2.99. The number of methoxy groups -OCH3 is 2. The number of rotatable bonds is 7. The molecule has 0 spiro atoms. The van der Waals surface area contributed by atoms with Crippen molar-refractivity contribution in [1.29, 1.82) is 0 Å². The Morgan fingerprint density at radius 3 is 2.50 bits per heavy atom. The van der Waals surface area contributed by atoms with Gasteiger partial charge in [0.25, 0.3) is 5.91 Å². The molecule has 0 saturated heterocycles. The van der Waals surface area contributed by atoms with Crippen LogP contribution in [0.15, 0.2) is 42.6 Å². The first-order valence-corrected chi connectivity index (χ1v) is 6.87. The molecule has 0 aliphatic heterocycles. The molecule has 0 atom stereocenters. The molecule has 6 heteroatoms. The number of hydrogen-bond donors (Lipinski definition) is 2. The van der Waals surface area contributed by atoms with E-state index in [0.717, 1.165) is 5.75 Å². The lowest BCUT2D eigenvalue weighted by Gasteiger charge is -2.08. The number of nitrogens with zero attached hydrogens (tertiary/aromatic N) is 1. The smallest absolute Gasteiger partial charge is 0.257 e. The number of aromatic nitrogens is 1. The zero-order valence-corrected chi connectivity index (χ0v) is 12.6. The molecule has 0 unspecified atom stereocenters. The minimum atomic E-state index is -0.207. The Balaban J connectivity index is 1.94. The van der Waals surface area contributed by atoms with E-state index in [0.29, 0.717) is 30.2 Å². The summed E-state index contributed by atoms with van der Waals surface area (Å²) in [6.07, 6.45) is 1.54. The van der Waals surface area contributed by atoms with Crippen molar-refractivity contribution in [2.45, 2.75) is 0 Å². The van der Waals surface area contributed by atoms with Crippen LogP contribution in [-0.2, 0) is 4.74 Å². The monoisotopic (exact) mass is 301 g/mol. The average Bonchev–Trinajstić information content (AvgIpc) is 2.56. The lowest BCUT2D eigenvalue weighted by atomic mass is 10.2. The van der Waals surface area contributed by atoms with E-state index < -0.39 is 0 Å². The van der Waals surface area contributed by atoms with Gasteiger partial charge in [-0.1, -0.05) is 0 Å². The summed E-state index contributed by atoms with van der Waals surface area (Å²) in [6, 6.07) is 10.6. The molecule has 0 fully saturated rings. The van der Waals surface area contributed by atoms with Gasteiger partial charge in [-0.2, -0.15) is 0 Å². The number of carbonyl (C=O) groups is 1. The van der Waals surface area contributed by atoms with Crippen molar-refractivity contribution >= 4 is 17.4 Å². The predicted octanol–water partition coefficient (Wildman–Crippen LogP) is 2.40. The highest BCUT2D eigenvalue weighted by atomic mass is 16.5. The highest BCUT2D eigenvalue weighted by Gasteiger charge is 2.07. The van der Waals surface area contributed by atoms with Gasteiger partial charge in [-0.25, -0.2) is 4.98 Å². The predicted molar refractivity (Wildman–Crippen MR) is 85.5 cm³/mol. The van der Waals surface area contributed by atoms with Crippen LogP contribution in [0.1, 0.15) is 10.4 Å². The summed E-state index contributed by atoms with van der Waals surface area (Å²) in [4.78, 5) is 16.3. The van der Waals surface area contributed by atoms with Crippen LogP contribution in [0.4, 0.5) is 11.5 Å². The summed E-state index contributed by atoms with van der Waals surface area (Å²) in [5, 5.41) is 5.90. The average molecular weight is 301 g/mol. The van der Waals surface area contributed by atoms with Gasteiger partial charge in [0.05, 0.1) is 19.3 Å².